The van der Waals surface area contributed by atoms with Crippen molar-refractivity contribution in [3.63, 3.8) is 0 Å². The summed E-state index contributed by atoms with van der Waals surface area (Å²) in [7, 11) is 1.73. The van der Waals surface area contributed by atoms with Crippen LogP contribution in [0.4, 0.5) is 5.69 Å². The van der Waals surface area contributed by atoms with Crippen molar-refractivity contribution < 1.29 is 9.59 Å². The van der Waals surface area contributed by atoms with E-state index < -0.39 is 0 Å². The van der Waals surface area contributed by atoms with E-state index in [0.717, 1.165) is 0 Å². The van der Waals surface area contributed by atoms with Gasteiger partial charge in [0.2, 0.25) is 11.1 Å². The van der Waals surface area contributed by atoms with Gasteiger partial charge in [-0.05, 0) is 48.0 Å². The predicted octanol–water partition coefficient (Wildman–Crippen LogP) is 1.92. The van der Waals surface area contributed by atoms with Gasteiger partial charge in [0, 0.05) is 18.3 Å². The van der Waals surface area contributed by atoms with Crippen LogP contribution in [0.2, 0.25) is 0 Å². The fourth-order valence-corrected chi connectivity index (χ4v) is 2.64. The number of anilines is 1. The molecule has 8 heteroatoms. The SMILES string of the molecule is CC[C@@H](Sc1nnnn1C)C(=O)Nc1ccc(C(C)=O)cc1. The highest BCUT2D eigenvalue weighted by atomic mass is 32.2. The number of nitrogens with one attached hydrogen (secondary N) is 1. The van der Waals surface area contributed by atoms with Crippen LogP contribution >= 0.6 is 11.8 Å². The van der Waals surface area contributed by atoms with Crippen LogP contribution in [0, 0.1) is 0 Å². The third kappa shape index (κ3) is 3.91. The number of Topliss-reactive ketones (excluding diaryl/α,β-unsaturated/α-hetero) is 1. The van der Waals surface area contributed by atoms with E-state index in [-0.39, 0.29) is 16.9 Å². The second-order valence-corrected chi connectivity index (χ2v) is 5.89. The van der Waals surface area contributed by atoms with Crippen molar-refractivity contribution >= 4 is 29.1 Å². The Morgan fingerprint density at radius 3 is 2.50 bits per heavy atom. The molecule has 0 aliphatic rings. The average molecular weight is 319 g/mol. The lowest BCUT2D eigenvalue weighted by molar-refractivity contribution is -0.115. The van der Waals surface area contributed by atoms with Crippen molar-refractivity contribution in [3.8, 4) is 0 Å². The predicted molar refractivity (Wildman–Crippen MR) is 83.8 cm³/mol. The zero-order chi connectivity index (χ0) is 16.1. The van der Waals surface area contributed by atoms with Crippen molar-refractivity contribution in [1.29, 1.82) is 0 Å². The number of hydrogen-bond donors (Lipinski definition) is 1. The number of carbonyl (C=O) groups is 2. The minimum Gasteiger partial charge on any atom is -0.325 e. The number of ketones is 1. The maximum atomic E-state index is 12.3. The average Bonchev–Trinajstić information content (AvgIpc) is 2.90. The molecule has 0 aliphatic carbocycles. The Labute approximate surface area is 132 Å². The molecule has 0 saturated carbocycles. The minimum absolute atomic E-state index is 0.00495. The zero-order valence-corrected chi connectivity index (χ0v) is 13.4. The number of tetrazole rings is 1. The number of aryl methyl sites for hydroxylation is 1. The third-order valence-corrected chi connectivity index (χ3v) is 4.44. The van der Waals surface area contributed by atoms with Gasteiger partial charge >= 0.3 is 0 Å². The fourth-order valence-electron chi connectivity index (χ4n) is 1.78. The lowest BCUT2D eigenvalue weighted by Crippen LogP contribution is -2.25. The molecule has 1 aromatic carbocycles. The summed E-state index contributed by atoms with van der Waals surface area (Å²) in [5.41, 5.74) is 1.27. The van der Waals surface area contributed by atoms with Crippen molar-refractivity contribution in [2.24, 2.45) is 7.05 Å². The number of benzene rings is 1. The Kier molecular flexibility index (Phi) is 5.26. The molecule has 1 atom stereocenters. The maximum Gasteiger partial charge on any atom is 0.237 e. The number of rotatable bonds is 6. The number of carbonyl (C=O) groups excluding carboxylic acids is 2. The molecular weight excluding hydrogens is 302 g/mol. The van der Waals surface area contributed by atoms with Gasteiger partial charge in [-0.15, -0.1) is 5.10 Å². The smallest absolute Gasteiger partial charge is 0.237 e. The zero-order valence-electron chi connectivity index (χ0n) is 12.6. The summed E-state index contributed by atoms with van der Waals surface area (Å²) in [6.07, 6.45) is 0.648. The lowest BCUT2D eigenvalue weighted by Gasteiger charge is -2.13. The molecule has 0 saturated heterocycles. The Bertz CT molecular complexity index is 668. The van der Waals surface area contributed by atoms with Crippen molar-refractivity contribution in [3.05, 3.63) is 29.8 Å². The third-order valence-electron chi connectivity index (χ3n) is 3.05. The van der Waals surface area contributed by atoms with Gasteiger partial charge in [-0.2, -0.15) is 0 Å². The summed E-state index contributed by atoms with van der Waals surface area (Å²) < 4.78 is 1.53. The van der Waals surface area contributed by atoms with Crippen LogP contribution in [-0.2, 0) is 11.8 Å². The van der Waals surface area contributed by atoms with Gasteiger partial charge < -0.3 is 5.32 Å². The van der Waals surface area contributed by atoms with Gasteiger partial charge in [-0.1, -0.05) is 18.7 Å². The van der Waals surface area contributed by atoms with Gasteiger partial charge in [0.1, 0.15) is 0 Å². The number of aromatic nitrogens is 4. The molecule has 0 unspecified atom stereocenters. The van der Waals surface area contributed by atoms with E-state index in [0.29, 0.717) is 22.8 Å². The van der Waals surface area contributed by atoms with Gasteiger partial charge in [0.25, 0.3) is 0 Å². The van der Waals surface area contributed by atoms with Crippen LogP contribution < -0.4 is 5.32 Å². The van der Waals surface area contributed by atoms with E-state index >= 15 is 0 Å². The van der Waals surface area contributed by atoms with Crippen LogP contribution in [-0.4, -0.2) is 37.1 Å². The molecule has 7 nitrogen and oxygen atoms in total. The second-order valence-electron chi connectivity index (χ2n) is 4.72. The molecule has 116 valence electrons. The molecule has 2 rings (SSSR count). The Hall–Kier alpha value is -2.22. The topological polar surface area (TPSA) is 89.8 Å². The van der Waals surface area contributed by atoms with E-state index in [9.17, 15) is 9.59 Å². The summed E-state index contributed by atoms with van der Waals surface area (Å²) in [6, 6.07) is 6.82. The van der Waals surface area contributed by atoms with E-state index in [2.05, 4.69) is 20.8 Å². The highest BCUT2D eigenvalue weighted by Gasteiger charge is 2.20. The Morgan fingerprint density at radius 2 is 2.00 bits per heavy atom. The molecule has 0 spiro atoms. The van der Waals surface area contributed by atoms with Crippen LogP contribution in [0.25, 0.3) is 0 Å². The first-order valence-corrected chi connectivity index (χ1v) is 7.70. The van der Waals surface area contributed by atoms with E-state index in [1.165, 1.54) is 23.4 Å². The van der Waals surface area contributed by atoms with Gasteiger partial charge in [-0.25, -0.2) is 4.68 Å². The van der Waals surface area contributed by atoms with E-state index in [4.69, 9.17) is 0 Å². The molecule has 1 N–H and O–H groups in total. The molecular formula is C14H17N5O2S. The summed E-state index contributed by atoms with van der Waals surface area (Å²) >= 11 is 1.32. The summed E-state index contributed by atoms with van der Waals surface area (Å²) in [6.45, 7) is 3.44. The van der Waals surface area contributed by atoms with Gasteiger partial charge in [0.05, 0.1) is 5.25 Å². The Balaban J connectivity index is 2.02. The summed E-state index contributed by atoms with van der Waals surface area (Å²) in [5.74, 6) is -0.124. The molecule has 1 aromatic heterocycles. The number of amides is 1. The maximum absolute atomic E-state index is 12.3. The minimum atomic E-state index is -0.294. The lowest BCUT2D eigenvalue weighted by atomic mass is 10.1. The molecule has 0 radical (unpaired) electrons. The molecule has 1 heterocycles. The van der Waals surface area contributed by atoms with Crippen LogP contribution in [0.3, 0.4) is 0 Å². The van der Waals surface area contributed by atoms with Crippen molar-refractivity contribution in [1.82, 2.24) is 20.2 Å². The highest BCUT2D eigenvalue weighted by molar-refractivity contribution is 8.00. The molecule has 0 fully saturated rings. The molecule has 0 bridgehead atoms. The Morgan fingerprint density at radius 1 is 1.32 bits per heavy atom. The highest BCUT2D eigenvalue weighted by Crippen LogP contribution is 2.23. The number of hydrogen-bond acceptors (Lipinski definition) is 6. The summed E-state index contributed by atoms with van der Waals surface area (Å²) in [4.78, 5) is 23.6. The molecule has 22 heavy (non-hydrogen) atoms. The van der Waals surface area contributed by atoms with Crippen LogP contribution in [0.5, 0.6) is 0 Å². The molecule has 2 aromatic rings. The van der Waals surface area contributed by atoms with Gasteiger partial charge in [-0.3, -0.25) is 9.59 Å². The van der Waals surface area contributed by atoms with Crippen molar-refractivity contribution in [2.45, 2.75) is 30.7 Å². The number of thioether (sulfide) groups is 1. The first-order valence-electron chi connectivity index (χ1n) is 6.82. The second kappa shape index (κ2) is 7.17. The quantitative estimate of drug-likeness (QED) is 0.646. The van der Waals surface area contributed by atoms with E-state index in [1.54, 1.807) is 31.3 Å². The molecule has 1 amide bonds. The normalized spacial score (nSPS) is 12.0. The monoisotopic (exact) mass is 319 g/mol. The van der Waals surface area contributed by atoms with Gasteiger partial charge in [0.15, 0.2) is 5.78 Å². The van der Waals surface area contributed by atoms with Crippen molar-refractivity contribution in [2.75, 3.05) is 5.32 Å². The fraction of sp³-hybridized carbons (Fsp3) is 0.357. The van der Waals surface area contributed by atoms with Crippen LogP contribution in [0.1, 0.15) is 30.6 Å². The first-order chi connectivity index (χ1) is 10.5. The number of nitrogens with zero attached hydrogens (tertiary/aromatic N) is 4. The standard InChI is InChI=1S/C14H17N5O2S/c1-4-12(22-14-16-17-18-19(14)3)13(21)15-11-7-5-10(6-8-11)9(2)20/h5-8,12H,4H2,1-3H3,(H,15,21)/t12-/m1/s1. The largest absolute Gasteiger partial charge is 0.325 e. The summed E-state index contributed by atoms with van der Waals surface area (Å²) in [5, 5.41) is 14.3. The first kappa shape index (κ1) is 16.2. The molecule has 0 aliphatic heterocycles. The van der Waals surface area contributed by atoms with Crippen LogP contribution in [0.15, 0.2) is 29.4 Å². The van der Waals surface area contributed by atoms with E-state index in [1.807, 2.05) is 6.92 Å².